The maximum absolute atomic E-state index is 13.3. The molecule has 1 amide bonds. The summed E-state index contributed by atoms with van der Waals surface area (Å²) >= 11 is 0. The molecule has 1 aromatic carbocycles. The first kappa shape index (κ1) is 16.8. The molecule has 0 spiro atoms. The zero-order chi connectivity index (χ0) is 18.5. The zero-order valence-corrected chi connectivity index (χ0v) is 15.6. The first-order chi connectivity index (χ1) is 12.4. The van der Waals surface area contributed by atoms with Gasteiger partial charge in [0.15, 0.2) is 0 Å². The molecule has 0 radical (unpaired) electrons. The van der Waals surface area contributed by atoms with Crippen molar-refractivity contribution < 1.29 is 9.32 Å². The molecule has 0 N–H and O–H groups in total. The van der Waals surface area contributed by atoms with Gasteiger partial charge >= 0.3 is 0 Å². The molecule has 1 fully saturated rings. The highest BCUT2D eigenvalue weighted by atomic mass is 16.5. The smallest absolute Gasteiger partial charge is 0.260 e. The molecule has 4 rings (SSSR count). The minimum Gasteiger partial charge on any atom is -0.336 e. The summed E-state index contributed by atoms with van der Waals surface area (Å²) in [6, 6.07) is 12.0. The Labute approximate surface area is 153 Å². The van der Waals surface area contributed by atoms with Gasteiger partial charge < -0.3 is 9.42 Å². The van der Waals surface area contributed by atoms with Crippen LogP contribution in [-0.2, 0) is 5.41 Å². The Morgan fingerprint density at radius 1 is 1.23 bits per heavy atom. The number of amides is 1. The van der Waals surface area contributed by atoms with Gasteiger partial charge in [0.25, 0.3) is 11.6 Å². The average Bonchev–Trinajstić information content (AvgIpc) is 3.16. The molecule has 2 aromatic heterocycles. The standard InChI is InChI=1S/C21H23N3O2/c1-13-10-17(13)24(15-8-6-5-7-9-15)20(25)14-11-16-18(21(2,3)4)23-26-19(16)22-12-14/h5-9,11-13,17H,10H2,1-4H3. The van der Waals surface area contributed by atoms with Crippen LogP contribution in [0.5, 0.6) is 0 Å². The Morgan fingerprint density at radius 3 is 2.54 bits per heavy atom. The highest BCUT2D eigenvalue weighted by Crippen LogP contribution is 2.39. The number of carbonyl (C=O) groups excluding carboxylic acids is 1. The van der Waals surface area contributed by atoms with Crippen LogP contribution in [0.15, 0.2) is 47.1 Å². The van der Waals surface area contributed by atoms with Crippen molar-refractivity contribution in [2.45, 2.75) is 45.6 Å². The van der Waals surface area contributed by atoms with Crippen LogP contribution in [0.4, 0.5) is 5.69 Å². The second-order valence-corrected chi connectivity index (χ2v) is 8.15. The van der Waals surface area contributed by atoms with Crippen LogP contribution in [0.1, 0.15) is 50.2 Å². The number of benzene rings is 1. The number of para-hydroxylation sites is 1. The number of hydrogen-bond donors (Lipinski definition) is 0. The topological polar surface area (TPSA) is 59.2 Å². The summed E-state index contributed by atoms with van der Waals surface area (Å²) in [6.07, 6.45) is 2.61. The lowest BCUT2D eigenvalue weighted by molar-refractivity contribution is 0.0984. The highest BCUT2D eigenvalue weighted by molar-refractivity contribution is 6.08. The molecule has 2 unspecified atom stereocenters. The molecule has 2 heterocycles. The number of hydrogen-bond acceptors (Lipinski definition) is 4. The fourth-order valence-corrected chi connectivity index (χ4v) is 3.34. The Kier molecular flexibility index (Phi) is 3.83. The van der Waals surface area contributed by atoms with Gasteiger partial charge in [-0.05, 0) is 30.5 Å². The minimum atomic E-state index is -0.182. The lowest BCUT2D eigenvalue weighted by atomic mass is 9.90. The van der Waals surface area contributed by atoms with Crippen molar-refractivity contribution in [3.05, 3.63) is 53.9 Å². The molecular formula is C21H23N3O2. The summed E-state index contributed by atoms with van der Waals surface area (Å²) in [5.74, 6) is 0.484. The number of carbonyl (C=O) groups is 1. The van der Waals surface area contributed by atoms with E-state index >= 15 is 0 Å². The Bertz CT molecular complexity index is 956. The van der Waals surface area contributed by atoms with E-state index in [1.54, 1.807) is 6.20 Å². The van der Waals surface area contributed by atoms with Crippen molar-refractivity contribution in [1.82, 2.24) is 10.1 Å². The molecule has 5 nitrogen and oxygen atoms in total. The molecule has 0 saturated heterocycles. The summed E-state index contributed by atoms with van der Waals surface area (Å²) in [4.78, 5) is 19.6. The minimum absolute atomic E-state index is 0.0268. The van der Waals surface area contributed by atoms with E-state index in [4.69, 9.17) is 4.52 Å². The fourth-order valence-electron chi connectivity index (χ4n) is 3.34. The molecule has 1 aliphatic rings. The summed E-state index contributed by atoms with van der Waals surface area (Å²) in [7, 11) is 0. The SMILES string of the molecule is CC1CC1N(C(=O)c1cnc2onc(C(C)(C)C)c2c1)c1ccccc1. The highest BCUT2D eigenvalue weighted by Gasteiger charge is 2.41. The van der Waals surface area contributed by atoms with E-state index < -0.39 is 0 Å². The number of nitrogens with zero attached hydrogens (tertiary/aromatic N) is 3. The molecule has 2 atom stereocenters. The van der Waals surface area contributed by atoms with E-state index in [1.165, 1.54) is 0 Å². The second-order valence-electron chi connectivity index (χ2n) is 8.15. The summed E-state index contributed by atoms with van der Waals surface area (Å²) < 4.78 is 5.35. The predicted molar refractivity (Wildman–Crippen MR) is 101 cm³/mol. The van der Waals surface area contributed by atoms with Crippen molar-refractivity contribution in [2.75, 3.05) is 4.90 Å². The van der Waals surface area contributed by atoms with Crippen LogP contribution in [0, 0.1) is 5.92 Å². The van der Waals surface area contributed by atoms with Crippen molar-refractivity contribution in [2.24, 2.45) is 5.92 Å². The van der Waals surface area contributed by atoms with E-state index in [9.17, 15) is 4.79 Å². The van der Waals surface area contributed by atoms with E-state index in [2.05, 4.69) is 37.8 Å². The summed E-state index contributed by atoms with van der Waals surface area (Å²) in [6.45, 7) is 8.38. The lowest BCUT2D eigenvalue weighted by Gasteiger charge is -2.23. The van der Waals surface area contributed by atoms with Crippen molar-refractivity contribution in [1.29, 1.82) is 0 Å². The van der Waals surface area contributed by atoms with Crippen LogP contribution in [0.25, 0.3) is 11.1 Å². The third kappa shape index (κ3) is 2.87. The van der Waals surface area contributed by atoms with E-state index in [0.29, 0.717) is 17.2 Å². The molecule has 0 aliphatic heterocycles. The van der Waals surface area contributed by atoms with Gasteiger partial charge in [-0.15, -0.1) is 0 Å². The number of anilines is 1. The first-order valence-electron chi connectivity index (χ1n) is 9.01. The normalized spacial score (nSPS) is 19.5. The van der Waals surface area contributed by atoms with Crippen LogP contribution in [0.3, 0.4) is 0 Å². The van der Waals surface area contributed by atoms with Gasteiger partial charge in [-0.2, -0.15) is 0 Å². The van der Waals surface area contributed by atoms with Gasteiger partial charge in [-0.1, -0.05) is 51.1 Å². The Balaban J connectivity index is 1.77. The quantitative estimate of drug-likeness (QED) is 0.695. The number of pyridine rings is 1. The molecule has 0 bridgehead atoms. The maximum Gasteiger partial charge on any atom is 0.260 e. The number of fused-ring (bicyclic) bond motifs is 1. The molecular weight excluding hydrogens is 326 g/mol. The maximum atomic E-state index is 13.3. The molecule has 134 valence electrons. The molecule has 5 heteroatoms. The van der Waals surface area contributed by atoms with Crippen molar-refractivity contribution in [3.63, 3.8) is 0 Å². The van der Waals surface area contributed by atoms with Gasteiger partial charge in [-0.3, -0.25) is 4.79 Å². The van der Waals surface area contributed by atoms with Gasteiger partial charge in [-0.25, -0.2) is 4.98 Å². The van der Waals surface area contributed by atoms with Gasteiger partial charge in [0, 0.05) is 23.3 Å². The predicted octanol–water partition coefficient (Wildman–Crippen LogP) is 4.58. The lowest BCUT2D eigenvalue weighted by Crippen LogP contribution is -2.34. The van der Waals surface area contributed by atoms with Crippen molar-refractivity contribution >= 4 is 22.7 Å². The molecule has 1 aliphatic carbocycles. The van der Waals surface area contributed by atoms with Crippen LogP contribution < -0.4 is 4.90 Å². The van der Waals surface area contributed by atoms with Gasteiger partial charge in [0.2, 0.25) is 0 Å². The third-order valence-corrected chi connectivity index (χ3v) is 4.94. The summed E-state index contributed by atoms with van der Waals surface area (Å²) in [5.41, 5.74) is 2.60. The van der Waals surface area contributed by atoms with Crippen molar-refractivity contribution in [3.8, 4) is 0 Å². The van der Waals surface area contributed by atoms with Crippen LogP contribution >= 0.6 is 0 Å². The van der Waals surface area contributed by atoms with E-state index in [1.807, 2.05) is 41.3 Å². The van der Waals surface area contributed by atoms with Gasteiger partial charge in [0.1, 0.15) is 0 Å². The largest absolute Gasteiger partial charge is 0.336 e. The molecule has 1 saturated carbocycles. The third-order valence-electron chi connectivity index (χ3n) is 4.94. The zero-order valence-electron chi connectivity index (χ0n) is 15.6. The molecule has 3 aromatic rings. The van der Waals surface area contributed by atoms with Crippen LogP contribution in [0.2, 0.25) is 0 Å². The van der Waals surface area contributed by atoms with Crippen LogP contribution in [-0.4, -0.2) is 22.1 Å². The Morgan fingerprint density at radius 2 is 1.92 bits per heavy atom. The fraction of sp³-hybridized carbons (Fsp3) is 0.381. The molecule has 26 heavy (non-hydrogen) atoms. The number of aromatic nitrogens is 2. The summed E-state index contributed by atoms with van der Waals surface area (Å²) in [5, 5.41) is 4.97. The monoisotopic (exact) mass is 349 g/mol. The second kappa shape index (κ2) is 5.94. The van der Waals surface area contributed by atoms with E-state index in [-0.39, 0.29) is 17.4 Å². The van der Waals surface area contributed by atoms with E-state index in [0.717, 1.165) is 23.2 Å². The average molecular weight is 349 g/mol. The first-order valence-corrected chi connectivity index (χ1v) is 9.01. The van der Waals surface area contributed by atoms with Gasteiger partial charge in [0.05, 0.1) is 16.6 Å². The number of rotatable bonds is 3. The Hall–Kier alpha value is -2.69.